The summed E-state index contributed by atoms with van der Waals surface area (Å²) < 4.78 is 0. The highest BCUT2D eigenvalue weighted by Gasteiger charge is 2.28. The van der Waals surface area contributed by atoms with Crippen molar-refractivity contribution in [1.82, 2.24) is 5.32 Å². The molecule has 0 bridgehead atoms. The first-order valence-electron chi connectivity index (χ1n) is 5.60. The highest BCUT2D eigenvalue weighted by Crippen LogP contribution is 2.33. The van der Waals surface area contributed by atoms with Crippen LogP contribution in [-0.4, -0.2) is 24.1 Å². The molecule has 1 aliphatic heterocycles. The number of nitrogens with one attached hydrogen (secondary N) is 1. The lowest BCUT2D eigenvalue weighted by Crippen LogP contribution is -2.43. The summed E-state index contributed by atoms with van der Waals surface area (Å²) >= 11 is 2.10. The Balaban J connectivity index is 2.32. The van der Waals surface area contributed by atoms with Crippen LogP contribution in [0.5, 0.6) is 0 Å². The van der Waals surface area contributed by atoms with E-state index < -0.39 is 0 Å². The van der Waals surface area contributed by atoms with Gasteiger partial charge in [-0.15, -0.1) is 0 Å². The van der Waals surface area contributed by atoms with E-state index in [0.29, 0.717) is 10.8 Å². The van der Waals surface area contributed by atoms with Crippen LogP contribution < -0.4 is 5.32 Å². The van der Waals surface area contributed by atoms with Gasteiger partial charge in [-0.3, -0.25) is 0 Å². The molecule has 1 saturated heterocycles. The molecule has 14 heavy (non-hydrogen) atoms. The van der Waals surface area contributed by atoms with Crippen LogP contribution in [0.4, 0.5) is 0 Å². The largest absolute Gasteiger partial charge is 0.313 e. The Morgan fingerprint density at radius 3 is 2.50 bits per heavy atom. The van der Waals surface area contributed by atoms with Gasteiger partial charge in [0.2, 0.25) is 0 Å². The maximum Gasteiger partial charge on any atom is 0.0163 e. The Bertz CT molecular complexity index is 181. The summed E-state index contributed by atoms with van der Waals surface area (Å²) in [4.78, 5) is 0. The standard InChI is InChI=1S/C12H25NS/c1-11(2,3)8-13-10-6-12(4,5)9-14-7-10/h10,13H,6-9H2,1-5H3. The Labute approximate surface area is 93.4 Å². The molecule has 1 atom stereocenters. The van der Waals surface area contributed by atoms with Gasteiger partial charge in [0.15, 0.2) is 0 Å². The number of rotatable bonds is 2. The van der Waals surface area contributed by atoms with Gasteiger partial charge >= 0.3 is 0 Å². The van der Waals surface area contributed by atoms with Crippen molar-refractivity contribution >= 4 is 11.8 Å². The Kier molecular flexibility index (Phi) is 3.93. The van der Waals surface area contributed by atoms with E-state index in [4.69, 9.17) is 0 Å². The Morgan fingerprint density at radius 2 is 2.00 bits per heavy atom. The van der Waals surface area contributed by atoms with Crippen LogP contribution in [-0.2, 0) is 0 Å². The van der Waals surface area contributed by atoms with E-state index in [-0.39, 0.29) is 0 Å². The lowest BCUT2D eigenvalue weighted by molar-refractivity contribution is 0.287. The number of thioether (sulfide) groups is 1. The smallest absolute Gasteiger partial charge is 0.0163 e. The first-order chi connectivity index (χ1) is 6.29. The van der Waals surface area contributed by atoms with E-state index in [9.17, 15) is 0 Å². The molecule has 1 heterocycles. The summed E-state index contributed by atoms with van der Waals surface area (Å²) in [6.07, 6.45) is 1.33. The van der Waals surface area contributed by atoms with E-state index in [1.165, 1.54) is 17.9 Å². The lowest BCUT2D eigenvalue weighted by atomic mass is 9.87. The van der Waals surface area contributed by atoms with Crippen LogP contribution in [0.2, 0.25) is 0 Å². The molecule has 1 fully saturated rings. The van der Waals surface area contributed by atoms with E-state index in [2.05, 4.69) is 51.7 Å². The Morgan fingerprint density at radius 1 is 1.36 bits per heavy atom. The zero-order valence-corrected chi connectivity index (χ0v) is 11.1. The molecule has 0 spiro atoms. The summed E-state index contributed by atoms with van der Waals surface area (Å²) in [6, 6.07) is 0.725. The quantitative estimate of drug-likeness (QED) is 0.759. The maximum absolute atomic E-state index is 3.70. The minimum atomic E-state index is 0.409. The fourth-order valence-corrected chi connectivity index (χ4v) is 3.15. The van der Waals surface area contributed by atoms with Crippen LogP contribution in [0.3, 0.4) is 0 Å². The lowest BCUT2D eigenvalue weighted by Gasteiger charge is -2.36. The zero-order valence-electron chi connectivity index (χ0n) is 10.3. The molecule has 0 aromatic rings. The van der Waals surface area contributed by atoms with Gasteiger partial charge < -0.3 is 5.32 Å². The molecule has 2 heteroatoms. The molecule has 1 unspecified atom stereocenters. The van der Waals surface area contributed by atoms with Crippen LogP contribution >= 0.6 is 11.8 Å². The maximum atomic E-state index is 3.70. The molecule has 1 N–H and O–H groups in total. The second-order valence-electron chi connectivity index (χ2n) is 6.52. The molecular weight excluding hydrogens is 190 g/mol. The van der Waals surface area contributed by atoms with Gasteiger partial charge in [0, 0.05) is 18.3 Å². The second kappa shape index (κ2) is 4.44. The molecule has 0 aromatic carbocycles. The van der Waals surface area contributed by atoms with Crippen molar-refractivity contribution in [2.24, 2.45) is 10.8 Å². The minimum Gasteiger partial charge on any atom is -0.313 e. The topological polar surface area (TPSA) is 12.0 Å². The van der Waals surface area contributed by atoms with Gasteiger partial charge in [0.05, 0.1) is 0 Å². The molecule has 0 aromatic heterocycles. The van der Waals surface area contributed by atoms with E-state index in [1.54, 1.807) is 0 Å². The van der Waals surface area contributed by atoms with E-state index in [1.807, 2.05) is 0 Å². The van der Waals surface area contributed by atoms with Crippen LogP contribution in [0.15, 0.2) is 0 Å². The first-order valence-corrected chi connectivity index (χ1v) is 6.75. The molecule has 0 saturated carbocycles. The summed E-state index contributed by atoms with van der Waals surface area (Å²) in [5, 5.41) is 3.70. The van der Waals surface area contributed by atoms with Gasteiger partial charge in [0.25, 0.3) is 0 Å². The second-order valence-corrected chi connectivity index (χ2v) is 7.55. The molecule has 1 aliphatic rings. The highest BCUT2D eigenvalue weighted by molar-refractivity contribution is 7.99. The van der Waals surface area contributed by atoms with Gasteiger partial charge in [-0.1, -0.05) is 34.6 Å². The molecule has 0 aliphatic carbocycles. The molecule has 1 rings (SSSR count). The SMILES string of the molecule is CC(C)(C)CNC1CSCC(C)(C)C1. The van der Waals surface area contributed by atoms with Crippen molar-refractivity contribution in [3.63, 3.8) is 0 Å². The van der Waals surface area contributed by atoms with Gasteiger partial charge in [-0.25, -0.2) is 0 Å². The van der Waals surface area contributed by atoms with Crippen molar-refractivity contribution in [1.29, 1.82) is 0 Å². The summed E-state index contributed by atoms with van der Waals surface area (Å²) in [6.45, 7) is 12.8. The third kappa shape index (κ3) is 4.70. The first kappa shape index (κ1) is 12.4. The van der Waals surface area contributed by atoms with Gasteiger partial charge in [-0.2, -0.15) is 11.8 Å². The predicted octanol–water partition coefficient (Wildman–Crippen LogP) is 3.15. The van der Waals surface area contributed by atoms with Crippen LogP contribution in [0.1, 0.15) is 41.0 Å². The van der Waals surface area contributed by atoms with Crippen molar-refractivity contribution < 1.29 is 0 Å². The van der Waals surface area contributed by atoms with Crippen LogP contribution in [0.25, 0.3) is 0 Å². The fraction of sp³-hybridized carbons (Fsp3) is 1.00. The van der Waals surface area contributed by atoms with E-state index >= 15 is 0 Å². The van der Waals surface area contributed by atoms with Gasteiger partial charge in [-0.05, 0) is 23.0 Å². The third-order valence-electron chi connectivity index (χ3n) is 2.53. The monoisotopic (exact) mass is 215 g/mol. The molecular formula is C12H25NS. The normalized spacial score (nSPS) is 27.6. The van der Waals surface area contributed by atoms with Crippen molar-refractivity contribution in [3.8, 4) is 0 Å². The number of hydrogen-bond donors (Lipinski definition) is 1. The molecule has 84 valence electrons. The highest BCUT2D eigenvalue weighted by atomic mass is 32.2. The summed E-state index contributed by atoms with van der Waals surface area (Å²) in [7, 11) is 0. The molecule has 0 radical (unpaired) electrons. The van der Waals surface area contributed by atoms with Crippen molar-refractivity contribution in [2.45, 2.75) is 47.1 Å². The predicted molar refractivity (Wildman–Crippen MR) is 67.0 cm³/mol. The fourth-order valence-electron chi connectivity index (χ4n) is 1.84. The molecule has 0 amide bonds. The average molecular weight is 215 g/mol. The average Bonchev–Trinajstić information content (AvgIpc) is 1.98. The van der Waals surface area contributed by atoms with Gasteiger partial charge in [0.1, 0.15) is 0 Å². The van der Waals surface area contributed by atoms with E-state index in [0.717, 1.165) is 12.6 Å². The van der Waals surface area contributed by atoms with Crippen molar-refractivity contribution in [3.05, 3.63) is 0 Å². The van der Waals surface area contributed by atoms with Crippen LogP contribution in [0, 0.1) is 10.8 Å². The minimum absolute atomic E-state index is 0.409. The third-order valence-corrected chi connectivity index (χ3v) is 4.16. The molecule has 1 nitrogen and oxygen atoms in total. The summed E-state index contributed by atoms with van der Waals surface area (Å²) in [5.41, 5.74) is 0.935. The number of hydrogen-bond acceptors (Lipinski definition) is 2. The zero-order chi connectivity index (χ0) is 10.8. The Hall–Kier alpha value is 0.310. The van der Waals surface area contributed by atoms with Crippen molar-refractivity contribution in [2.75, 3.05) is 18.1 Å². The summed E-state index contributed by atoms with van der Waals surface area (Å²) in [5.74, 6) is 2.61.